The molecule has 0 aliphatic carbocycles. The van der Waals surface area contributed by atoms with Gasteiger partial charge in [0, 0.05) is 13.6 Å². The molecule has 1 amide bonds. The zero-order valence-corrected chi connectivity index (χ0v) is 9.77. The number of anilines is 1. The quantitative estimate of drug-likeness (QED) is 0.772. The van der Waals surface area contributed by atoms with Crippen LogP contribution in [0.3, 0.4) is 0 Å². The maximum absolute atomic E-state index is 11.3. The summed E-state index contributed by atoms with van der Waals surface area (Å²) in [4.78, 5) is 19.5. The van der Waals surface area contributed by atoms with Crippen molar-refractivity contribution in [3.63, 3.8) is 0 Å². The summed E-state index contributed by atoms with van der Waals surface area (Å²) in [7, 11) is 1.81. The van der Waals surface area contributed by atoms with Crippen LogP contribution in [0.25, 0.3) is 11.0 Å². The second-order valence-electron chi connectivity index (χ2n) is 3.53. The molecule has 90 valence electrons. The smallest absolute Gasteiger partial charge is 0.239 e. The van der Waals surface area contributed by atoms with Gasteiger partial charge in [-0.3, -0.25) is 9.48 Å². The van der Waals surface area contributed by atoms with Crippen molar-refractivity contribution in [3.05, 3.63) is 12.5 Å². The van der Waals surface area contributed by atoms with E-state index in [1.807, 2.05) is 14.0 Å². The molecule has 0 unspecified atom stereocenters. The number of rotatable bonds is 4. The fraction of sp³-hybridized carbons (Fsp3) is 0.400. The first-order chi connectivity index (χ1) is 8.22. The second-order valence-corrected chi connectivity index (χ2v) is 3.53. The second kappa shape index (κ2) is 4.77. The number of carbonyl (C=O) groups is 1. The molecule has 2 aromatic heterocycles. The Morgan fingerprint density at radius 2 is 2.29 bits per heavy atom. The Hall–Kier alpha value is -2.18. The highest BCUT2D eigenvalue weighted by Gasteiger charge is 2.08. The van der Waals surface area contributed by atoms with Crippen LogP contribution in [-0.2, 0) is 11.8 Å². The minimum Gasteiger partial charge on any atom is -0.360 e. The van der Waals surface area contributed by atoms with Crippen molar-refractivity contribution >= 4 is 22.8 Å². The lowest BCUT2D eigenvalue weighted by Crippen LogP contribution is -2.29. The van der Waals surface area contributed by atoms with Gasteiger partial charge in [0.1, 0.15) is 12.1 Å². The molecule has 0 saturated heterocycles. The Labute approximate surface area is 98.2 Å². The van der Waals surface area contributed by atoms with Crippen LogP contribution in [0.2, 0.25) is 0 Å². The molecule has 0 atom stereocenters. The molecule has 2 aromatic rings. The lowest BCUT2D eigenvalue weighted by molar-refractivity contribution is -0.119. The minimum atomic E-state index is -0.0665. The molecule has 0 saturated carbocycles. The highest BCUT2D eigenvalue weighted by atomic mass is 16.1. The normalized spacial score (nSPS) is 10.5. The summed E-state index contributed by atoms with van der Waals surface area (Å²) in [6.07, 6.45) is 3.12. The van der Waals surface area contributed by atoms with Gasteiger partial charge >= 0.3 is 0 Å². The topological polar surface area (TPSA) is 84.7 Å². The standard InChI is InChI=1S/C10H14N6O/c1-3-11-8(17)5-12-9-7-4-15-16(2)10(7)14-6-13-9/h4,6H,3,5H2,1-2H3,(H,11,17)(H,12,13,14). The van der Waals surface area contributed by atoms with E-state index < -0.39 is 0 Å². The number of aromatic nitrogens is 4. The summed E-state index contributed by atoms with van der Waals surface area (Å²) in [5.41, 5.74) is 0.735. The monoisotopic (exact) mass is 234 g/mol. The number of likely N-dealkylation sites (N-methyl/N-ethyl adjacent to an activating group) is 1. The van der Waals surface area contributed by atoms with Crippen molar-refractivity contribution in [2.24, 2.45) is 7.05 Å². The highest BCUT2D eigenvalue weighted by molar-refractivity contribution is 5.88. The third-order valence-corrected chi connectivity index (χ3v) is 2.32. The van der Waals surface area contributed by atoms with Gasteiger partial charge in [-0.2, -0.15) is 5.10 Å². The molecule has 0 spiro atoms. The van der Waals surface area contributed by atoms with Gasteiger partial charge < -0.3 is 10.6 Å². The van der Waals surface area contributed by atoms with Crippen molar-refractivity contribution < 1.29 is 4.79 Å². The van der Waals surface area contributed by atoms with Gasteiger partial charge in [0.25, 0.3) is 0 Å². The predicted octanol–water partition coefficient (Wildman–Crippen LogP) is -0.0887. The number of hydrogen-bond acceptors (Lipinski definition) is 5. The van der Waals surface area contributed by atoms with Gasteiger partial charge in [0.2, 0.25) is 5.91 Å². The zero-order valence-electron chi connectivity index (χ0n) is 9.77. The molecule has 2 N–H and O–H groups in total. The van der Waals surface area contributed by atoms with Crippen LogP contribution in [0.15, 0.2) is 12.5 Å². The Kier molecular flexibility index (Phi) is 3.17. The molecule has 17 heavy (non-hydrogen) atoms. The molecule has 0 radical (unpaired) electrons. The van der Waals surface area contributed by atoms with E-state index >= 15 is 0 Å². The summed E-state index contributed by atoms with van der Waals surface area (Å²) in [5, 5.41) is 10.6. The number of carbonyl (C=O) groups excluding carboxylic acids is 1. The fourth-order valence-electron chi connectivity index (χ4n) is 1.53. The Bertz CT molecular complexity index is 535. The van der Waals surface area contributed by atoms with Crippen molar-refractivity contribution in [3.8, 4) is 0 Å². The van der Waals surface area contributed by atoms with E-state index in [0.29, 0.717) is 12.4 Å². The SMILES string of the molecule is CCNC(=O)CNc1ncnc2c1cnn2C. The molecule has 2 rings (SSSR count). The average molecular weight is 234 g/mol. The Morgan fingerprint density at radius 1 is 1.47 bits per heavy atom. The van der Waals surface area contributed by atoms with E-state index in [1.165, 1.54) is 6.33 Å². The summed E-state index contributed by atoms with van der Waals surface area (Å²) in [5.74, 6) is 0.553. The van der Waals surface area contributed by atoms with Gasteiger partial charge in [-0.05, 0) is 6.92 Å². The molecule has 0 aromatic carbocycles. The lowest BCUT2D eigenvalue weighted by Gasteiger charge is -2.05. The number of nitrogens with one attached hydrogen (secondary N) is 2. The minimum absolute atomic E-state index is 0.0665. The molecule has 0 bridgehead atoms. The number of fused-ring (bicyclic) bond motifs is 1. The summed E-state index contributed by atoms with van der Waals surface area (Å²) < 4.78 is 1.66. The molecule has 0 aliphatic rings. The zero-order chi connectivity index (χ0) is 12.3. The molecule has 2 heterocycles. The van der Waals surface area contributed by atoms with Crippen LogP contribution in [0.4, 0.5) is 5.82 Å². The van der Waals surface area contributed by atoms with Crippen LogP contribution < -0.4 is 10.6 Å². The lowest BCUT2D eigenvalue weighted by atomic mass is 10.4. The van der Waals surface area contributed by atoms with Crippen LogP contribution in [0.1, 0.15) is 6.92 Å². The van der Waals surface area contributed by atoms with E-state index in [-0.39, 0.29) is 12.5 Å². The molecule has 7 heteroatoms. The molecular formula is C10H14N6O. The van der Waals surface area contributed by atoms with Crippen LogP contribution >= 0.6 is 0 Å². The van der Waals surface area contributed by atoms with Crippen molar-refractivity contribution in [1.29, 1.82) is 0 Å². The first-order valence-electron chi connectivity index (χ1n) is 5.35. The molecule has 7 nitrogen and oxygen atoms in total. The number of amides is 1. The Balaban J connectivity index is 2.16. The van der Waals surface area contributed by atoms with Crippen molar-refractivity contribution in [2.75, 3.05) is 18.4 Å². The van der Waals surface area contributed by atoms with E-state index in [0.717, 1.165) is 11.0 Å². The molecular weight excluding hydrogens is 220 g/mol. The van der Waals surface area contributed by atoms with Crippen LogP contribution in [0, 0.1) is 0 Å². The third kappa shape index (κ3) is 2.32. The first kappa shape index (κ1) is 11.3. The van der Waals surface area contributed by atoms with Gasteiger partial charge in [-0.1, -0.05) is 0 Å². The summed E-state index contributed by atoms with van der Waals surface area (Å²) in [6, 6.07) is 0. The average Bonchev–Trinajstić information content (AvgIpc) is 2.70. The first-order valence-corrected chi connectivity index (χ1v) is 5.35. The van der Waals surface area contributed by atoms with Crippen LogP contribution in [0.5, 0.6) is 0 Å². The predicted molar refractivity (Wildman–Crippen MR) is 63.5 cm³/mol. The van der Waals surface area contributed by atoms with Gasteiger partial charge in [0.05, 0.1) is 18.1 Å². The summed E-state index contributed by atoms with van der Waals surface area (Å²) in [6.45, 7) is 2.68. The Morgan fingerprint density at radius 3 is 3.06 bits per heavy atom. The van der Waals surface area contributed by atoms with E-state index in [1.54, 1.807) is 10.9 Å². The maximum Gasteiger partial charge on any atom is 0.239 e. The van der Waals surface area contributed by atoms with Crippen LogP contribution in [-0.4, -0.2) is 38.7 Å². The maximum atomic E-state index is 11.3. The van der Waals surface area contributed by atoms with Crippen molar-refractivity contribution in [2.45, 2.75) is 6.92 Å². The summed E-state index contributed by atoms with van der Waals surface area (Å²) >= 11 is 0. The molecule has 0 fully saturated rings. The third-order valence-electron chi connectivity index (χ3n) is 2.32. The number of hydrogen-bond donors (Lipinski definition) is 2. The molecule has 0 aliphatic heterocycles. The van der Waals surface area contributed by atoms with E-state index in [2.05, 4.69) is 25.7 Å². The van der Waals surface area contributed by atoms with E-state index in [9.17, 15) is 4.79 Å². The van der Waals surface area contributed by atoms with E-state index in [4.69, 9.17) is 0 Å². The van der Waals surface area contributed by atoms with Gasteiger partial charge in [-0.25, -0.2) is 9.97 Å². The van der Waals surface area contributed by atoms with Gasteiger partial charge in [-0.15, -0.1) is 0 Å². The highest BCUT2D eigenvalue weighted by Crippen LogP contribution is 2.16. The number of nitrogens with zero attached hydrogens (tertiary/aromatic N) is 4. The largest absolute Gasteiger partial charge is 0.360 e. The fourth-order valence-corrected chi connectivity index (χ4v) is 1.53. The van der Waals surface area contributed by atoms with Crippen molar-refractivity contribution in [1.82, 2.24) is 25.1 Å². The van der Waals surface area contributed by atoms with Gasteiger partial charge in [0.15, 0.2) is 5.65 Å². The number of aryl methyl sites for hydroxylation is 1.